The second kappa shape index (κ2) is 11.0. The summed E-state index contributed by atoms with van der Waals surface area (Å²) in [6.07, 6.45) is 5.03. The van der Waals surface area contributed by atoms with Gasteiger partial charge >= 0.3 is 0 Å². The van der Waals surface area contributed by atoms with Gasteiger partial charge in [0.2, 0.25) is 5.91 Å². The van der Waals surface area contributed by atoms with Crippen molar-refractivity contribution in [3.05, 3.63) is 59.0 Å². The fourth-order valence-corrected chi connectivity index (χ4v) is 4.98. The quantitative estimate of drug-likeness (QED) is 0.315. The number of para-hydroxylation sites is 1. The molecule has 0 unspecified atom stereocenters. The van der Waals surface area contributed by atoms with Crippen LogP contribution in [-0.4, -0.2) is 71.3 Å². The first-order valence-corrected chi connectivity index (χ1v) is 13.5. The molecule has 0 radical (unpaired) electrons. The molecule has 1 aliphatic carbocycles. The molecule has 2 aromatic carbocycles. The molecule has 1 saturated carbocycles. The largest absolute Gasteiger partial charge is 0.494 e. The van der Waals surface area contributed by atoms with Gasteiger partial charge in [-0.2, -0.15) is 0 Å². The van der Waals surface area contributed by atoms with Crippen LogP contribution in [0.15, 0.2) is 53.5 Å². The van der Waals surface area contributed by atoms with Crippen LogP contribution in [0.2, 0.25) is 0 Å². The van der Waals surface area contributed by atoms with E-state index in [9.17, 15) is 9.59 Å². The average Bonchev–Trinajstić information content (AvgIpc) is 3.69. The Morgan fingerprint density at radius 1 is 1.13 bits per heavy atom. The van der Waals surface area contributed by atoms with Crippen molar-refractivity contribution >= 4 is 27.7 Å². The molecule has 2 N–H and O–H groups in total. The normalized spacial score (nSPS) is 16.2. The van der Waals surface area contributed by atoms with E-state index in [2.05, 4.69) is 15.2 Å². The number of aromatic nitrogens is 3. The summed E-state index contributed by atoms with van der Waals surface area (Å²) in [5, 5.41) is 4.37. The van der Waals surface area contributed by atoms with Crippen molar-refractivity contribution in [2.75, 3.05) is 46.0 Å². The molecule has 2 aromatic heterocycles. The maximum atomic E-state index is 13.8. The second-order valence-corrected chi connectivity index (χ2v) is 10.2. The SMILES string of the molecule is O=C(Cn1c(-c2c[nH]c3ccccc23)nc2ccc(OCCCN3CCOCC3)cc2c1=O)NCC1CC1. The number of nitrogens with zero attached hydrogens (tertiary/aromatic N) is 3. The first kappa shape index (κ1) is 24.6. The number of hydrogen-bond donors (Lipinski definition) is 2. The molecule has 1 aliphatic heterocycles. The smallest absolute Gasteiger partial charge is 0.262 e. The highest BCUT2D eigenvalue weighted by atomic mass is 16.5. The Hall–Kier alpha value is -3.69. The van der Waals surface area contributed by atoms with Gasteiger partial charge in [0.25, 0.3) is 5.56 Å². The monoisotopic (exact) mass is 515 g/mol. The van der Waals surface area contributed by atoms with Gasteiger partial charge in [0.05, 0.1) is 30.7 Å². The van der Waals surface area contributed by atoms with Crippen LogP contribution in [-0.2, 0) is 16.1 Å². The van der Waals surface area contributed by atoms with Crippen molar-refractivity contribution in [1.29, 1.82) is 0 Å². The Bertz CT molecular complexity index is 1500. The Labute approximate surface area is 220 Å². The van der Waals surface area contributed by atoms with Crippen molar-refractivity contribution in [2.45, 2.75) is 25.8 Å². The van der Waals surface area contributed by atoms with Gasteiger partial charge in [-0.05, 0) is 49.4 Å². The van der Waals surface area contributed by atoms with Crippen LogP contribution in [0.3, 0.4) is 0 Å². The number of amides is 1. The summed E-state index contributed by atoms with van der Waals surface area (Å²) < 4.78 is 12.9. The summed E-state index contributed by atoms with van der Waals surface area (Å²) >= 11 is 0. The number of rotatable bonds is 10. The molecule has 38 heavy (non-hydrogen) atoms. The molecule has 6 rings (SSSR count). The van der Waals surface area contributed by atoms with E-state index in [1.807, 2.05) is 42.6 Å². The minimum absolute atomic E-state index is 0.0893. The van der Waals surface area contributed by atoms with Gasteiger partial charge in [0.1, 0.15) is 18.1 Å². The average molecular weight is 516 g/mol. The Morgan fingerprint density at radius 2 is 1.97 bits per heavy atom. The van der Waals surface area contributed by atoms with Gasteiger partial charge in [-0.3, -0.25) is 19.1 Å². The zero-order valence-corrected chi connectivity index (χ0v) is 21.4. The van der Waals surface area contributed by atoms with E-state index < -0.39 is 0 Å². The van der Waals surface area contributed by atoms with Gasteiger partial charge < -0.3 is 19.8 Å². The van der Waals surface area contributed by atoms with Crippen LogP contribution in [0.1, 0.15) is 19.3 Å². The van der Waals surface area contributed by atoms with Crippen LogP contribution in [0.5, 0.6) is 5.75 Å². The lowest BCUT2D eigenvalue weighted by atomic mass is 10.1. The number of nitrogens with one attached hydrogen (secondary N) is 2. The summed E-state index contributed by atoms with van der Waals surface area (Å²) in [5.74, 6) is 1.47. The lowest BCUT2D eigenvalue weighted by Crippen LogP contribution is -2.37. The van der Waals surface area contributed by atoms with Crippen LogP contribution >= 0.6 is 0 Å². The van der Waals surface area contributed by atoms with Gasteiger partial charge in [-0.1, -0.05) is 18.2 Å². The minimum Gasteiger partial charge on any atom is -0.494 e. The third-order valence-corrected chi connectivity index (χ3v) is 7.33. The molecule has 0 spiro atoms. The first-order valence-electron chi connectivity index (χ1n) is 13.5. The fraction of sp³-hybridized carbons (Fsp3) is 0.414. The molecule has 3 heterocycles. The van der Waals surface area contributed by atoms with Crippen LogP contribution < -0.4 is 15.6 Å². The minimum atomic E-state index is -0.254. The Morgan fingerprint density at radius 3 is 2.82 bits per heavy atom. The van der Waals surface area contributed by atoms with E-state index in [1.165, 1.54) is 4.57 Å². The lowest BCUT2D eigenvalue weighted by Gasteiger charge is -2.26. The van der Waals surface area contributed by atoms with E-state index in [1.54, 1.807) is 6.07 Å². The molecule has 2 fully saturated rings. The van der Waals surface area contributed by atoms with E-state index >= 15 is 0 Å². The highest BCUT2D eigenvalue weighted by molar-refractivity contribution is 5.95. The molecule has 0 bridgehead atoms. The summed E-state index contributed by atoms with van der Waals surface area (Å²) in [6, 6.07) is 13.3. The Balaban J connectivity index is 1.28. The zero-order valence-electron chi connectivity index (χ0n) is 21.4. The van der Waals surface area contributed by atoms with E-state index in [0.717, 1.165) is 68.6 Å². The molecule has 9 heteroatoms. The third-order valence-electron chi connectivity index (χ3n) is 7.33. The maximum absolute atomic E-state index is 13.8. The number of carbonyl (C=O) groups excluding carboxylic acids is 1. The molecule has 1 amide bonds. The number of carbonyl (C=O) groups is 1. The summed E-state index contributed by atoms with van der Waals surface area (Å²) in [5.41, 5.74) is 2.06. The number of ether oxygens (including phenoxy) is 2. The van der Waals surface area contributed by atoms with Crippen LogP contribution in [0.4, 0.5) is 0 Å². The van der Waals surface area contributed by atoms with Gasteiger partial charge in [0.15, 0.2) is 0 Å². The first-order chi connectivity index (χ1) is 18.7. The molecule has 9 nitrogen and oxygen atoms in total. The number of hydrogen-bond acceptors (Lipinski definition) is 6. The van der Waals surface area contributed by atoms with Crippen LogP contribution in [0.25, 0.3) is 33.2 Å². The summed E-state index contributed by atoms with van der Waals surface area (Å²) in [4.78, 5) is 37.2. The summed E-state index contributed by atoms with van der Waals surface area (Å²) in [6.45, 7) is 5.54. The predicted octanol–water partition coefficient (Wildman–Crippen LogP) is 3.17. The number of H-pyrrole nitrogens is 1. The second-order valence-electron chi connectivity index (χ2n) is 10.2. The third kappa shape index (κ3) is 5.44. The highest BCUT2D eigenvalue weighted by Crippen LogP contribution is 2.29. The predicted molar refractivity (Wildman–Crippen MR) is 146 cm³/mol. The number of morpholine rings is 1. The molecule has 1 saturated heterocycles. The maximum Gasteiger partial charge on any atom is 0.262 e. The molecule has 2 aliphatic rings. The standard InChI is InChI=1S/C29H33N5O4/c35-27(31-17-20-6-7-20)19-34-28(24-18-30-25-5-2-1-4-22(24)25)32-26-9-8-21(16-23(26)29(34)36)38-13-3-10-33-11-14-37-15-12-33/h1-2,4-5,8-9,16,18,20,30H,3,6-7,10-15,17,19H2,(H,31,35). The number of fused-ring (bicyclic) bond motifs is 2. The van der Waals surface area contributed by atoms with E-state index in [0.29, 0.717) is 41.5 Å². The Kier molecular flexibility index (Phi) is 7.11. The van der Waals surface area contributed by atoms with Crippen molar-refractivity contribution in [2.24, 2.45) is 5.92 Å². The molecular weight excluding hydrogens is 482 g/mol. The van der Waals surface area contributed by atoms with Crippen LogP contribution in [0, 0.1) is 5.92 Å². The van der Waals surface area contributed by atoms with Gasteiger partial charge in [-0.25, -0.2) is 4.98 Å². The summed E-state index contributed by atoms with van der Waals surface area (Å²) in [7, 11) is 0. The van der Waals surface area contributed by atoms with Crippen molar-refractivity contribution in [1.82, 2.24) is 24.8 Å². The molecular formula is C29H33N5O4. The molecule has 0 atom stereocenters. The van der Waals surface area contributed by atoms with Crippen molar-refractivity contribution in [3.63, 3.8) is 0 Å². The fourth-order valence-electron chi connectivity index (χ4n) is 4.98. The van der Waals surface area contributed by atoms with Gasteiger partial charge in [0, 0.05) is 48.8 Å². The highest BCUT2D eigenvalue weighted by Gasteiger charge is 2.23. The van der Waals surface area contributed by atoms with Gasteiger partial charge in [-0.15, -0.1) is 0 Å². The number of aromatic amines is 1. The van der Waals surface area contributed by atoms with E-state index in [4.69, 9.17) is 14.5 Å². The van der Waals surface area contributed by atoms with Crippen molar-refractivity contribution in [3.8, 4) is 17.1 Å². The number of benzene rings is 2. The van der Waals surface area contributed by atoms with E-state index in [-0.39, 0.29) is 18.0 Å². The molecule has 198 valence electrons. The molecule has 4 aromatic rings. The zero-order chi connectivity index (χ0) is 25.9. The topological polar surface area (TPSA) is 101 Å². The van der Waals surface area contributed by atoms with Crippen molar-refractivity contribution < 1.29 is 14.3 Å². The lowest BCUT2D eigenvalue weighted by molar-refractivity contribution is -0.121.